The Bertz CT molecular complexity index is 944. The summed E-state index contributed by atoms with van der Waals surface area (Å²) in [6.45, 7) is 2.62. The molecule has 2 aromatic carbocycles. The Hall–Kier alpha value is -3.02. The highest BCUT2D eigenvalue weighted by molar-refractivity contribution is 5.93. The number of nitrogens with one attached hydrogen (secondary N) is 1. The molecule has 1 N–H and O–H groups in total. The predicted molar refractivity (Wildman–Crippen MR) is 101 cm³/mol. The van der Waals surface area contributed by atoms with E-state index in [0.29, 0.717) is 6.61 Å². The summed E-state index contributed by atoms with van der Waals surface area (Å²) < 4.78 is 5.36. The van der Waals surface area contributed by atoms with Crippen LogP contribution in [0.4, 0.5) is 16.2 Å². The lowest BCUT2D eigenvalue weighted by atomic mass is 10.1. The lowest BCUT2D eigenvalue weighted by molar-refractivity contribution is 0.179. The number of imidazole rings is 1. The molecule has 1 amide bonds. The van der Waals surface area contributed by atoms with E-state index < -0.39 is 0 Å². The van der Waals surface area contributed by atoms with Crippen molar-refractivity contribution in [1.82, 2.24) is 9.97 Å². The Morgan fingerprint density at radius 3 is 2.62 bits per heavy atom. The largest absolute Gasteiger partial charge is 0.447 e. The van der Waals surface area contributed by atoms with Crippen molar-refractivity contribution in [2.75, 3.05) is 29.5 Å². The first-order valence-corrected chi connectivity index (χ1v) is 9.04. The monoisotopic (exact) mass is 348 g/mol. The van der Waals surface area contributed by atoms with Crippen LogP contribution in [0.5, 0.6) is 0 Å². The number of ether oxygens (including phenoxy) is 1. The molecule has 0 aliphatic carbocycles. The number of rotatable bonds is 3. The Morgan fingerprint density at radius 1 is 1.04 bits per heavy atom. The summed E-state index contributed by atoms with van der Waals surface area (Å²) in [7, 11) is 0. The number of fused-ring (bicyclic) bond motifs is 1. The van der Waals surface area contributed by atoms with Crippen molar-refractivity contribution in [2.24, 2.45) is 0 Å². The van der Waals surface area contributed by atoms with Crippen LogP contribution in [-0.4, -0.2) is 35.8 Å². The maximum absolute atomic E-state index is 12.4. The fourth-order valence-corrected chi connectivity index (χ4v) is 3.91. The van der Waals surface area contributed by atoms with Gasteiger partial charge in [-0.25, -0.2) is 9.78 Å². The second-order valence-electron chi connectivity index (χ2n) is 6.85. The van der Waals surface area contributed by atoms with Crippen LogP contribution < -0.4 is 9.80 Å². The first kappa shape index (κ1) is 15.3. The molecule has 26 heavy (non-hydrogen) atoms. The van der Waals surface area contributed by atoms with E-state index in [1.165, 1.54) is 18.5 Å². The minimum atomic E-state index is -0.308. The van der Waals surface area contributed by atoms with Gasteiger partial charge >= 0.3 is 6.09 Å². The number of nitrogens with zero attached hydrogens (tertiary/aromatic N) is 3. The van der Waals surface area contributed by atoms with Gasteiger partial charge < -0.3 is 14.6 Å². The van der Waals surface area contributed by atoms with Crippen LogP contribution in [-0.2, 0) is 4.74 Å². The Balaban J connectivity index is 1.46. The van der Waals surface area contributed by atoms with E-state index in [-0.39, 0.29) is 12.1 Å². The zero-order valence-corrected chi connectivity index (χ0v) is 14.4. The van der Waals surface area contributed by atoms with Gasteiger partial charge in [-0.3, -0.25) is 4.90 Å². The second kappa shape index (κ2) is 6.05. The summed E-state index contributed by atoms with van der Waals surface area (Å²) in [4.78, 5) is 23.8. The average Bonchev–Trinajstić information content (AvgIpc) is 3.42. The molecule has 0 spiro atoms. The van der Waals surface area contributed by atoms with Crippen LogP contribution in [0.2, 0.25) is 0 Å². The van der Waals surface area contributed by atoms with Crippen LogP contribution in [0.3, 0.4) is 0 Å². The van der Waals surface area contributed by atoms with Crippen LogP contribution in [0, 0.1) is 0 Å². The minimum Gasteiger partial charge on any atom is -0.447 e. The summed E-state index contributed by atoms with van der Waals surface area (Å²) >= 11 is 0. The number of anilines is 2. The van der Waals surface area contributed by atoms with E-state index in [0.717, 1.165) is 35.4 Å². The van der Waals surface area contributed by atoms with E-state index in [2.05, 4.69) is 39.1 Å². The van der Waals surface area contributed by atoms with Crippen molar-refractivity contribution >= 4 is 28.5 Å². The molecule has 6 nitrogen and oxygen atoms in total. The van der Waals surface area contributed by atoms with Gasteiger partial charge in [-0.15, -0.1) is 0 Å². The van der Waals surface area contributed by atoms with Crippen molar-refractivity contribution in [3.8, 4) is 0 Å². The van der Waals surface area contributed by atoms with Crippen molar-refractivity contribution in [2.45, 2.75) is 18.9 Å². The number of cyclic esters (lactones) is 1. The molecule has 2 aliphatic rings. The number of hydrogen-bond donors (Lipinski definition) is 1. The van der Waals surface area contributed by atoms with Gasteiger partial charge in [0.1, 0.15) is 6.61 Å². The number of benzene rings is 2. The first-order valence-electron chi connectivity index (χ1n) is 9.04. The number of carbonyl (C=O) groups is 1. The third-order valence-electron chi connectivity index (χ3n) is 5.30. The van der Waals surface area contributed by atoms with Gasteiger partial charge in [0.25, 0.3) is 0 Å². The van der Waals surface area contributed by atoms with E-state index >= 15 is 0 Å². The molecule has 2 saturated heterocycles. The molecular formula is C20H20N4O2. The number of H-pyrrole nitrogens is 1. The highest BCUT2D eigenvalue weighted by atomic mass is 16.6. The van der Waals surface area contributed by atoms with Crippen molar-refractivity contribution in [1.29, 1.82) is 0 Å². The molecule has 1 atom stereocenters. The minimum absolute atomic E-state index is 0.115. The number of aromatic nitrogens is 2. The van der Waals surface area contributed by atoms with E-state index in [9.17, 15) is 4.79 Å². The first-order chi connectivity index (χ1) is 12.8. The van der Waals surface area contributed by atoms with E-state index in [1.807, 2.05) is 18.2 Å². The topological polar surface area (TPSA) is 61.5 Å². The summed E-state index contributed by atoms with van der Waals surface area (Å²) in [5.41, 5.74) is 4.95. The second-order valence-corrected chi connectivity index (χ2v) is 6.85. The van der Waals surface area contributed by atoms with Gasteiger partial charge in [0, 0.05) is 18.8 Å². The number of hydrogen-bond acceptors (Lipinski definition) is 4. The SMILES string of the molecule is O=C1OCC(c2ccc(N3CCCC3)cc2)N1c1ccc2nc[nH]c2c1. The number of amides is 1. The molecule has 2 fully saturated rings. The zero-order chi connectivity index (χ0) is 17.5. The van der Waals surface area contributed by atoms with E-state index in [1.54, 1.807) is 11.2 Å². The van der Waals surface area contributed by atoms with Gasteiger partial charge in [0.05, 0.1) is 29.1 Å². The molecule has 132 valence electrons. The maximum atomic E-state index is 12.4. The molecule has 2 aliphatic heterocycles. The number of carbonyl (C=O) groups excluding carboxylic acids is 1. The Morgan fingerprint density at radius 2 is 1.81 bits per heavy atom. The normalized spacial score (nSPS) is 20.2. The smallest absolute Gasteiger partial charge is 0.415 e. The van der Waals surface area contributed by atoms with Crippen LogP contribution in [0.15, 0.2) is 48.8 Å². The molecule has 0 radical (unpaired) electrons. The molecule has 0 bridgehead atoms. The molecule has 1 unspecified atom stereocenters. The fraction of sp³-hybridized carbons (Fsp3) is 0.300. The standard InChI is InChI=1S/C20H20N4O2/c25-20-24(16-7-8-17-18(11-16)22-13-21-17)19(12-26-20)14-3-5-15(6-4-14)23-9-1-2-10-23/h3-8,11,13,19H,1-2,9-10,12H2,(H,21,22). The van der Waals surface area contributed by atoms with Crippen molar-refractivity contribution < 1.29 is 9.53 Å². The van der Waals surface area contributed by atoms with Gasteiger partial charge in [0.2, 0.25) is 0 Å². The molecule has 6 heteroatoms. The highest BCUT2D eigenvalue weighted by Crippen LogP contribution is 2.35. The number of aromatic amines is 1. The van der Waals surface area contributed by atoms with Crippen LogP contribution in [0.25, 0.3) is 11.0 Å². The van der Waals surface area contributed by atoms with Crippen LogP contribution in [0.1, 0.15) is 24.4 Å². The third kappa shape index (κ3) is 2.49. The van der Waals surface area contributed by atoms with Crippen molar-refractivity contribution in [3.63, 3.8) is 0 Å². The van der Waals surface area contributed by atoms with Gasteiger partial charge in [-0.2, -0.15) is 0 Å². The van der Waals surface area contributed by atoms with E-state index in [4.69, 9.17) is 4.74 Å². The zero-order valence-electron chi connectivity index (χ0n) is 14.4. The fourth-order valence-electron chi connectivity index (χ4n) is 3.91. The van der Waals surface area contributed by atoms with Gasteiger partial charge in [-0.1, -0.05) is 12.1 Å². The molecule has 0 saturated carbocycles. The Kier molecular flexibility index (Phi) is 3.55. The predicted octanol–water partition coefficient (Wildman–Crippen LogP) is 3.86. The molecule has 5 rings (SSSR count). The molecule has 1 aromatic heterocycles. The third-order valence-corrected chi connectivity index (χ3v) is 5.30. The highest BCUT2D eigenvalue weighted by Gasteiger charge is 2.35. The van der Waals surface area contributed by atoms with Crippen molar-refractivity contribution in [3.05, 3.63) is 54.4 Å². The summed E-state index contributed by atoms with van der Waals surface area (Å²) in [5, 5.41) is 0. The summed E-state index contributed by atoms with van der Waals surface area (Å²) in [6, 6.07) is 14.2. The summed E-state index contributed by atoms with van der Waals surface area (Å²) in [6.07, 6.45) is 3.87. The lowest BCUT2D eigenvalue weighted by Gasteiger charge is -2.23. The average molecular weight is 348 g/mol. The van der Waals surface area contributed by atoms with Crippen LogP contribution >= 0.6 is 0 Å². The lowest BCUT2D eigenvalue weighted by Crippen LogP contribution is -2.27. The molecular weight excluding hydrogens is 328 g/mol. The Labute approximate surface area is 151 Å². The van der Waals surface area contributed by atoms with Gasteiger partial charge in [0.15, 0.2) is 0 Å². The summed E-state index contributed by atoms with van der Waals surface area (Å²) in [5.74, 6) is 0. The quantitative estimate of drug-likeness (QED) is 0.781. The maximum Gasteiger partial charge on any atom is 0.415 e. The molecule has 3 heterocycles. The molecule has 3 aromatic rings. The van der Waals surface area contributed by atoms with Gasteiger partial charge in [-0.05, 0) is 48.7 Å².